The van der Waals surface area contributed by atoms with Gasteiger partial charge in [0.05, 0.1) is 6.10 Å². The summed E-state index contributed by atoms with van der Waals surface area (Å²) in [6.07, 6.45) is -0.00478. The molecule has 0 saturated carbocycles. The van der Waals surface area contributed by atoms with Crippen LogP contribution in [-0.4, -0.2) is 14.9 Å². The van der Waals surface area contributed by atoms with Crippen molar-refractivity contribution in [2.75, 3.05) is 6.54 Å². The van der Waals surface area contributed by atoms with Crippen LogP contribution in [-0.2, 0) is 10.3 Å². The van der Waals surface area contributed by atoms with Gasteiger partial charge in [-0.1, -0.05) is 24.3 Å². The Labute approximate surface area is 104 Å². The topological polar surface area (TPSA) is 35.2 Å². The van der Waals surface area contributed by atoms with Gasteiger partial charge in [-0.3, -0.25) is 0 Å². The third kappa shape index (κ3) is 4.26. The first-order chi connectivity index (χ1) is 7.46. The highest BCUT2D eigenvalue weighted by molar-refractivity contribution is 6.69. The highest BCUT2D eigenvalue weighted by Gasteiger charge is 2.21. The van der Waals surface area contributed by atoms with Crippen molar-refractivity contribution in [3.05, 3.63) is 35.4 Å². The number of halogens is 1. The van der Waals surface area contributed by atoms with Crippen molar-refractivity contribution in [2.45, 2.75) is 31.6 Å². The summed E-state index contributed by atoms with van der Waals surface area (Å²) in [7, 11) is -1.56. The van der Waals surface area contributed by atoms with Crippen molar-refractivity contribution in [3.8, 4) is 0 Å². The molecule has 0 aromatic heterocycles. The summed E-state index contributed by atoms with van der Waals surface area (Å²) in [6, 6.07) is 8.14. The Balaban J connectivity index is 2.86. The molecule has 90 valence electrons. The molecule has 0 aliphatic carbocycles. The van der Waals surface area contributed by atoms with Gasteiger partial charge in [0.2, 0.25) is 0 Å². The summed E-state index contributed by atoms with van der Waals surface area (Å²) >= 11 is 5.82. The summed E-state index contributed by atoms with van der Waals surface area (Å²) in [4.78, 5) is 0. The first-order valence-corrected chi connectivity index (χ1v) is 9.43. The number of hydrogen-bond donors (Lipinski definition) is 1. The van der Waals surface area contributed by atoms with Crippen molar-refractivity contribution in [3.63, 3.8) is 0 Å². The van der Waals surface area contributed by atoms with Crippen LogP contribution in [0, 0.1) is 0 Å². The number of benzene rings is 1. The minimum atomic E-state index is -1.56. The first kappa shape index (κ1) is 13.7. The zero-order chi connectivity index (χ0) is 12.2. The predicted molar refractivity (Wildman–Crippen MR) is 72.2 cm³/mol. The lowest BCUT2D eigenvalue weighted by molar-refractivity contribution is 0.206. The highest BCUT2D eigenvalue weighted by Crippen LogP contribution is 2.22. The molecule has 2 nitrogen and oxygen atoms in total. The summed E-state index contributed by atoms with van der Waals surface area (Å²) in [5, 5.41) is 0. The van der Waals surface area contributed by atoms with E-state index in [2.05, 4.69) is 25.7 Å². The molecule has 0 saturated heterocycles. The molecule has 0 radical (unpaired) electrons. The molecule has 0 fully saturated rings. The van der Waals surface area contributed by atoms with Crippen molar-refractivity contribution < 1.29 is 4.43 Å². The third-order valence-corrected chi connectivity index (χ3v) is 3.49. The normalized spacial score (nSPS) is 13.8. The fraction of sp³-hybridized carbons (Fsp3) is 0.500. The fourth-order valence-electron chi connectivity index (χ4n) is 1.56. The van der Waals surface area contributed by atoms with Gasteiger partial charge in [0, 0.05) is 12.4 Å². The van der Waals surface area contributed by atoms with Crippen LogP contribution < -0.4 is 5.73 Å². The maximum Gasteiger partial charge on any atom is 0.184 e. The number of rotatable bonds is 5. The second kappa shape index (κ2) is 5.82. The van der Waals surface area contributed by atoms with Gasteiger partial charge in [0.1, 0.15) is 0 Å². The lowest BCUT2D eigenvalue weighted by atomic mass is 10.1. The van der Waals surface area contributed by atoms with Crippen LogP contribution in [0.3, 0.4) is 0 Å². The molecule has 0 spiro atoms. The van der Waals surface area contributed by atoms with Gasteiger partial charge in [-0.15, -0.1) is 11.6 Å². The van der Waals surface area contributed by atoms with Crippen molar-refractivity contribution in [2.24, 2.45) is 5.73 Å². The molecule has 1 aromatic carbocycles. The van der Waals surface area contributed by atoms with E-state index in [-0.39, 0.29) is 6.10 Å². The summed E-state index contributed by atoms with van der Waals surface area (Å²) in [6.45, 7) is 7.01. The lowest BCUT2D eigenvalue weighted by Crippen LogP contribution is -2.31. The Kier molecular flexibility index (Phi) is 4.99. The minimum Gasteiger partial charge on any atom is -0.409 e. The van der Waals surface area contributed by atoms with Crippen LogP contribution in [0.25, 0.3) is 0 Å². The Bertz CT molecular complexity index is 338. The molecule has 2 N–H and O–H groups in total. The molecular formula is C12H20ClNOSi. The third-order valence-electron chi connectivity index (χ3n) is 2.19. The van der Waals surface area contributed by atoms with E-state index in [1.54, 1.807) is 0 Å². The molecule has 0 aliphatic rings. The SMILES string of the molecule is C[Si](C)(C)O[C@@H](CN)c1cccc(CCl)c1. The van der Waals surface area contributed by atoms with Gasteiger partial charge < -0.3 is 10.2 Å². The molecule has 4 heteroatoms. The quantitative estimate of drug-likeness (QED) is 0.649. The minimum absolute atomic E-state index is 0.00478. The average Bonchev–Trinajstić information content (AvgIpc) is 2.25. The number of hydrogen-bond acceptors (Lipinski definition) is 2. The van der Waals surface area contributed by atoms with Crippen molar-refractivity contribution >= 4 is 19.9 Å². The van der Waals surface area contributed by atoms with Gasteiger partial charge in [0.25, 0.3) is 0 Å². The second-order valence-electron chi connectivity index (χ2n) is 4.83. The van der Waals surface area contributed by atoms with Crippen LogP contribution in [0.5, 0.6) is 0 Å². The largest absolute Gasteiger partial charge is 0.409 e. The molecule has 1 atom stereocenters. The molecule has 0 heterocycles. The van der Waals surface area contributed by atoms with E-state index in [4.69, 9.17) is 21.8 Å². The van der Waals surface area contributed by atoms with Gasteiger partial charge in [-0.05, 0) is 30.8 Å². The molecule has 0 amide bonds. The Morgan fingerprint density at radius 1 is 1.38 bits per heavy atom. The fourth-order valence-corrected chi connectivity index (χ4v) is 2.81. The van der Waals surface area contributed by atoms with E-state index in [1.165, 1.54) is 0 Å². The molecule has 1 rings (SSSR count). The van der Waals surface area contributed by atoms with Gasteiger partial charge in [-0.2, -0.15) is 0 Å². The summed E-state index contributed by atoms with van der Waals surface area (Å²) < 4.78 is 6.04. The highest BCUT2D eigenvalue weighted by atomic mass is 35.5. The van der Waals surface area contributed by atoms with Crippen LogP contribution in [0.15, 0.2) is 24.3 Å². The maximum absolute atomic E-state index is 6.04. The zero-order valence-electron chi connectivity index (χ0n) is 10.2. The van der Waals surface area contributed by atoms with Crippen molar-refractivity contribution in [1.82, 2.24) is 0 Å². The average molecular weight is 258 g/mol. The summed E-state index contributed by atoms with van der Waals surface area (Å²) in [5.74, 6) is 0.526. The van der Waals surface area contributed by atoms with Crippen LogP contribution in [0.4, 0.5) is 0 Å². The zero-order valence-corrected chi connectivity index (χ0v) is 11.9. The Morgan fingerprint density at radius 2 is 2.06 bits per heavy atom. The van der Waals surface area contributed by atoms with Crippen molar-refractivity contribution in [1.29, 1.82) is 0 Å². The molecule has 0 unspecified atom stereocenters. The summed E-state index contributed by atoms with van der Waals surface area (Å²) in [5.41, 5.74) is 8.00. The van der Waals surface area contributed by atoms with E-state index in [1.807, 2.05) is 18.2 Å². The standard InChI is InChI=1S/C12H20ClNOSi/c1-16(2,3)15-12(9-14)11-6-4-5-10(7-11)8-13/h4-7,12H,8-9,14H2,1-3H3/t12-/m0/s1. The second-order valence-corrected chi connectivity index (χ2v) is 9.56. The van der Waals surface area contributed by atoms with Gasteiger partial charge in [0.15, 0.2) is 8.32 Å². The predicted octanol–water partition coefficient (Wildman–Crippen LogP) is 3.28. The van der Waals surface area contributed by atoms with Gasteiger partial charge in [-0.25, -0.2) is 0 Å². The maximum atomic E-state index is 6.04. The van der Waals surface area contributed by atoms with E-state index < -0.39 is 8.32 Å². The Morgan fingerprint density at radius 3 is 2.56 bits per heavy atom. The molecular weight excluding hydrogens is 238 g/mol. The molecule has 0 bridgehead atoms. The first-order valence-electron chi connectivity index (χ1n) is 5.49. The monoisotopic (exact) mass is 257 g/mol. The van der Waals surface area contributed by atoms with E-state index in [0.29, 0.717) is 12.4 Å². The smallest absolute Gasteiger partial charge is 0.184 e. The van der Waals surface area contributed by atoms with Gasteiger partial charge >= 0.3 is 0 Å². The van der Waals surface area contributed by atoms with Crippen LogP contribution in [0.1, 0.15) is 17.2 Å². The molecule has 0 aliphatic heterocycles. The lowest BCUT2D eigenvalue weighted by Gasteiger charge is -2.26. The van der Waals surface area contributed by atoms with E-state index in [9.17, 15) is 0 Å². The number of nitrogens with two attached hydrogens (primary N) is 1. The number of alkyl halides is 1. The molecule has 1 aromatic rings. The van der Waals surface area contributed by atoms with E-state index in [0.717, 1.165) is 11.1 Å². The Hall–Kier alpha value is -0.353. The van der Waals surface area contributed by atoms with Crippen LogP contribution >= 0.6 is 11.6 Å². The molecule has 16 heavy (non-hydrogen) atoms. The van der Waals surface area contributed by atoms with E-state index >= 15 is 0 Å². The van der Waals surface area contributed by atoms with Crippen LogP contribution in [0.2, 0.25) is 19.6 Å².